The Morgan fingerprint density at radius 2 is 2.33 bits per heavy atom. The summed E-state index contributed by atoms with van der Waals surface area (Å²) in [5, 5.41) is 10.7. The number of nitrogens with one attached hydrogen (secondary N) is 2. The maximum Gasteiger partial charge on any atom is 0.151 e. The van der Waals surface area contributed by atoms with Gasteiger partial charge >= 0.3 is 0 Å². The van der Waals surface area contributed by atoms with Crippen molar-refractivity contribution in [3.05, 3.63) is 11.6 Å². The molecule has 1 unspecified atom stereocenters. The fourth-order valence-corrected chi connectivity index (χ4v) is 2.05. The molecule has 0 spiro atoms. The van der Waals surface area contributed by atoms with E-state index in [0.717, 1.165) is 43.5 Å². The van der Waals surface area contributed by atoms with Crippen molar-refractivity contribution in [1.82, 2.24) is 20.5 Å². The summed E-state index contributed by atoms with van der Waals surface area (Å²) in [5.74, 6) is 3.39. The highest BCUT2D eigenvalue weighted by Crippen LogP contribution is 2.13. The van der Waals surface area contributed by atoms with Gasteiger partial charge in [0.05, 0.1) is 0 Å². The van der Waals surface area contributed by atoms with Gasteiger partial charge in [-0.1, -0.05) is 13.8 Å². The predicted octanol–water partition coefficient (Wildman–Crippen LogP) is 1.16. The van der Waals surface area contributed by atoms with Crippen LogP contribution in [0.15, 0.2) is 0 Å². The maximum atomic E-state index is 4.52. The van der Waals surface area contributed by atoms with Crippen molar-refractivity contribution in [2.45, 2.75) is 33.1 Å². The van der Waals surface area contributed by atoms with Crippen LogP contribution in [0.2, 0.25) is 0 Å². The van der Waals surface area contributed by atoms with Gasteiger partial charge in [0, 0.05) is 12.8 Å². The first-order valence-electron chi connectivity index (χ1n) is 5.85. The minimum Gasteiger partial charge on any atom is -0.316 e. The van der Waals surface area contributed by atoms with E-state index in [4.69, 9.17) is 0 Å². The van der Waals surface area contributed by atoms with Crippen LogP contribution in [0.1, 0.15) is 31.9 Å². The average molecular weight is 208 g/mol. The smallest absolute Gasteiger partial charge is 0.151 e. The van der Waals surface area contributed by atoms with Crippen molar-refractivity contribution >= 4 is 0 Å². The van der Waals surface area contributed by atoms with Crippen LogP contribution in [0.5, 0.6) is 0 Å². The highest BCUT2D eigenvalue weighted by atomic mass is 15.2. The van der Waals surface area contributed by atoms with Crippen molar-refractivity contribution in [3.63, 3.8) is 0 Å². The zero-order valence-corrected chi connectivity index (χ0v) is 9.58. The van der Waals surface area contributed by atoms with Crippen LogP contribution in [0, 0.1) is 11.8 Å². The van der Waals surface area contributed by atoms with Crippen molar-refractivity contribution in [2.24, 2.45) is 11.8 Å². The van der Waals surface area contributed by atoms with Gasteiger partial charge in [-0.3, -0.25) is 5.10 Å². The van der Waals surface area contributed by atoms with Crippen LogP contribution in [0.25, 0.3) is 0 Å². The van der Waals surface area contributed by atoms with Crippen LogP contribution in [-0.2, 0) is 12.8 Å². The van der Waals surface area contributed by atoms with Crippen molar-refractivity contribution in [2.75, 3.05) is 13.1 Å². The van der Waals surface area contributed by atoms with E-state index in [9.17, 15) is 0 Å². The SMILES string of the molecule is CC(C)Cc1nc(CC2CCNC2)n[nH]1. The molecule has 1 saturated heterocycles. The van der Waals surface area contributed by atoms with Gasteiger partial charge in [-0.05, 0) is 31.3 Å². The maximum absolute atomic E-state index is 4.52. The van der Waals surface area contributed by atoms with E-state index in [1.807, 2.05) is 0 Å². The Kier molecular flexibility index (Phi) is 3.36. The van der Waals surface area contributed by atoms with E-state index in [1.54, 1.807) is 0 Å². The first-order chi connectivity index (χ1) is 7.24. The van der Waals surface area contributed by atoms with Gasteiger partial charge in [-0.25, -0.2) is 4.98 Å². The Morgan fingerprint density at radius 3 is 3.00 bits per heavy atom. The van der Waals surface area contributed by atoms with Crippen molar-refractivity contribution in [1.29, 1.82) is 0 Å². The average Bonchev–Trinajstić information content (AvgIpc) is 2.77. The molecule has 0 saturated carbocycles. The lowest BCUT2D eigenvalue weighted by molar-refractivity contribution is 0.562. The van der Waals surface area contributed by atoms with Gasteiger partial charge in [0.1, 0.15) is 5.82 Å². The molecule has 0 radical (unpaired) electrons. The summed E-state index contributed by atoms with van der Waals surface area (Å²) in [6.45, 7) is 6.66. The number of aromatic nitrogens is 3. The summed E-state index contributed by atoms with van der Waals surface area (Å²) < 4.78 is 0. The monoisotopic (exact) mass is 208 g/mol. The molecule has 0 amide bonds. The van der Waals surface area contributed by atoms with Crippen LogP contribution < -0.4 is 5.32 Å². The van der Waals surface area contributed by atoms with E-state index >= 15 is 0 Å². The summed E-state index contributed by atoms with van der Waals surface area (Å²) >= 11 is 0. The Morgan fingerprint density at radius 1 is 1.47 bits per heavy atom. The van der Waals surface area contributed by atoms with E-state index in [-0.39, 0.29) is 0 Å². The lowest BCUT2D eigenvalue weighted by Gasteiger charge is -2.03. The van der Waals surface area contributed by atoms with Crippen molar-refractivity contribution in [3.8, 4) is 0 Å². The van der Waals surface area contributed by atoms with Gasteiger partial charge < -0.3 is 5.32 Å². The third-order valence-corrected chi connectivity index (χ3v) is 2.81. The normalized spacial score (nSPS) is 21.4. The second-order valence-electron chi connectivity index (χ2n) is 4.86. The summed E-state index contributed by atoms with van der Waals surface area (Å²) in [7, 11) is 0. The van der Waals surface area contributed by atoms with Gasteiger partial charge in [-0.2, -0.15) is 5.10 Å². The number of aromatic amines is 1. The summed E-state index contributed by atoms with van der Waals surface area (Å²) in [4.78, 5) is 4.52. The zero-order chi connectivity index (χ0) is 10.7. The first kappa shape index (κ1) is 10.6. The van der Waals surface area contributed by atoms with E-state index in [1.165, 1.54) is 6.42 Å². The summed E-state index contributed by atoms with van der Waals surface area (Å²) in [6, 6.07) is 0. The first-order valence-corrected chi connectivity index (χ1v) is 5.85. The molecule has 0 aliphatic carbocycles. The molecule has 2 N–H and O–H groups in total. The molecule has 0 aromatic carbocycles. The van der Waals surface area contributed by atoms with Crippen LogP contribution >= 0.6 is 0 Å². The van der Waals surface area contributed by atoms with Gasteiger partial charge in [0.25, 0.3) is 0 Å². The molecule has 84 valence electrons. The zero-order valence-electron chi connectivity index (χ0n) is 9.58. The highest BCUT2D eigenvalue weighted by molar-refractivity contribution is 4.93. The highest BCUT2D eigenvalue weighted by Gasteiger charge is 2.17. The van der Waals surface area contributed by atoms with Gasteiger partial charge in [0.2, 0.25) is 0 Å². The summed E-state index contributed by atoms with van der Waals surface area (Å²) in [5.41, 5.74) is 0. The fourth-order valence-electron chi connectivity index (χ4n) is 2.05. The second kappa shape index (κ2) is 4.75. The number of rotatable bonds is 4. The molecule has 1 aliphatic heterocycles. The van der Waals surface area contributed by atoms with Gasteiger partial charge in [0.15, 0.2) is 5.82 Å². The number of nitrogens with zero attached hydrogens (tertiary/aromatic N) is 2. The lowest BCUT2D eigenvalue weighted by atomic mass is 10.1. The molecule has 1 aromatic rings. The topological polar surface area (TPSA) is 53.6 Å². The molecule has 15 heavy (non-hydrogen) atoms. The third kappa shape index (κ3) is 3.02. The number of hydrogen-bond donors (Lipinski definition) is 2. The fraction of sp³-hybridized carbons (Fsp3) is 0.818. The Hall–Kier alpha value is -0.900. The summed E-state index contributed by atoms with van der Waals surface area (Å²) in [6.07, 6.45) is 3.27. The molecule has 1 atom stereocenters. The molecule has 2 rings (SSSR count). The quantitative estimate of drug-likeness (QED) is 0.780. The largest absolute Gasteiger partial charge is 0.316 e. The molecule has 0 bridgehead atoms. The Balaban J connectivity index is 1.88. The van der Waals surface area contributed by atoms with Gasteiger partial charge in [-0.15, -0.1) is 0 Å². The minimum atomic E-state index is 0.638. The molecule has 1 fully saturated rings. The van der Waals surface area contributed by atoms with Crippen molar-refractivity contribution < 1.29 is 0 Å². The van der Waals surface area contributed by atoms with Crippen LogP contribution in [-0.4, -0.2) is 28.3 Å². The minimum absolute atomic E-state index is 0.638. The third-order valence-electron chi connectivity index (χ3n) is 2.81. The molecular weight excluding hydrogens is 188 g/mol. The number of H-pyrrole nitrogens is 1. The van der Waals surface area contributed by atoms with Crippen LogP contribution in [0.4, 0.5) is 0 Å². The molecule has 4 heteroatoms. The predicted molar refractivity (Wildman–Crippen MR) is 59.6 cm³/mol. The Bertz CT molecular complexity index is 299. The molecule has 1 aliphatic rings. The lowest BCUT2D eigenvalue weighted by Crippen LogP contribution is -2.11. The van der Waals surface area contributed by atoms with E-state index < -0.39 is 0 Å². The Labute approximate surface area is 90.9 Å². The molecule has 4 nitrogen and oxygen atoms in total. The van der Waals surface area contributed by atoms with E-state index in [0.29, 0.717) is 5.92 Å². The molecule has 2 heterocycles. The standard InChI is InChI=1S/C11H20N4/c1-8(2)5-10-13-11(15-14-10)6-9-3-4-12-7-9/h8-9,12H,3-7H2,1-2H3,(H,13,14,15). The molecule has 1 aromatic heterocycles. The van der Waals surface area contributed by atoms with E-state index in [2.05, 4.69) is 34.3 Å². The second-order valence-corrected chi connectivity index (χ2v) is 4.86. The number of hydrogen-bond acceptors (Lipinski definition) is 3. The molecular formula is C11H20N4. The van der Waals surface area contributed by atoms with Crippen LogP contribution in [0.3, 0.4) is 0 Å².